The molecule has 0 saturated carbocycles. The van der Waals surface area contributed by atoms with Gasteiger partial charge in [0.2, 0.25) is 0 Å². The molecule has 0 aliphatic heterocycles. The molecule has 0 saturated heterocycles. The molecule has 4 nitrogen and oxygen atoms in total. The normalized spacial score (nSPS) is 15.8. The molecule has 1 aromatic heterocycles. The van der Waals surface area contributed by atoms with E-state index in [0.29, 0.717) is 5.02 Å². The van der Waals surface area contributed by atoms with Crippen molar-refractivity contribution in [2.45, 2.75) is 32.8 Å². The van der Waals surface area contributed by atoms with Crippen molar-refractivity contribution in [3.8, 4) is 0 Å². The Morgan fingerprint density at radius 2 is 2.33 bits per heavy atom. The van der Waals surface area contributed by atoms with Gasteiger partial charge in [-0.2, -0.15) is 0 Å². The highest BCUT2D eigenvalue weighted by Gasteiger charge is 2.27. The van der Waals surface area contributed by atoms with Crippen molar-refractivity contribution >= 4 is 17.5 Å². The zero-order valence-corrected chi connectivity index (χ0v) is 11.7. The fourth-order valence-electron chi connectivity index (χ4n) is 1.49. The molecule has 0 aliphatic rings. The summed E-state index contributed by atoms with van der Waals surface area (Å²) in [7, 11) is 0. The Morgan fingerprint density at radius 3 is 2.89 bits per heavy atom. The number of aromatic nitrogens is 1. The zero-order chi connectivity index (χ0) is 13.8. The number of hydrogen-bond acceptors (Lipinski definition) is 3. The van der Waals surface area contributed by atoms with E-state index in [2.05, 4.69) is 10.3 Å². The van der Waals surface area contributed by atoms with Crippen LogP contribution in [-0.4, -0.2) is 28.1 Å². The van der Waals surface area contributed by atoms with Crippen LogP contribution in [0.5, 0.6) is 0 Å². The Balaban J connectivity index is 2.61. The standard InChI is InChI=1S/C13H19ClN2O2/c1-4-9(2)13(3,18)8-16-12(17)11-7-10(14)5-6-15-11/h5-7,9,18H,4,8H2,1-3H3,(H,16,17). The maximum Gasteiger partial charge on any atom is 0.270 e. The van der Waals surface area contributed by atoms with E-state index in [1.165, 1.54) is 12.3 Å². The predicted octanol–water partition coefficient (Wildman–Crippen LogP) is 2.26. The smallest absolute Gasteiger partial charge is 0.270 e. The Labute approximate surface area is 112 Å². The third-order valence-electron chi connectivity index (χ3n) is 3.24. The minimum absolute atomic E-state index is 0.102. The minimum Gasteiger partial charge on any atom is -0.388 e. The van der Waals surface area contributed by atoms with Crippen molar-refractivity contribution in [1.29, 1.82) is 0 Å². The van der Waals surface area contributed by atoms with Gasteiger partial charge < -0.3 is 10.4 Å². The number of pyridine rings is 1. The van der Waals surface area contributed by atoms with Crippen molar-refractivity contribution in [3.63, 3.8) is 0 Å². The summed E-state index contributed by atoms with van der Waals surface area (Å²) in [5.74, 6) is -0.230. The third-order valence-corrected chi connectivity index (χ3v) is 3.47. The van der Waals surface area contributed by atoms with Crippen LogP contribution < -0.4 is 5.32 Å². The van der Waals surface area contributed by atoms with E-state index in [1.807, 2.05) is 13.8 Å². The maximum atomic E-state index is 11.8. The average molecular weight is 271 g/mol. The SMILES string of the molecule is CCC(C)C(C)(O)CNC(=O)c1cc(Cl)ccn1. The monoisotopic (exact) mass is 270 g/mol. The molecule has 5 heteroatoms. The van der Waals surface area contributed by atoms with Crippen molar-refractivity contribution in [2.75, 3.05) is 6.54 Å². The molecule has 2 unspecified atom stereocenters. The van der Waals surface area contributed by atoms with Crippen molar-refractivity contribution in [2.24, 2.45) is 5.92 Å². The maximum absolute atomic E-state index is 11.8. The molecule has 0 radical (unpaired) electrons. The van der Waals surface area contributed by atoms with E-state index >= 15 is 0 Å². The summed E-state index contributed by atoms with van der Waals surface area (Å²) in [5.41, 5.74) is -0.675. The van der Waals surface area contributed by atoms with Crippen molar-refractivity contribution in [3.05, 3.63) is 29.0 Å². The van der Waals surface area contributed by atoms with Crippen molar-refractivity contribution < 1.29 is 9.90 Å². The summed E-state index contributed by atoms with van der Waals surface area (Å²) in [5, 5.41) is 13.3. The minimum atomic E-state index is -0.928. The van der Waals surface area contributed by atoms with Crippen LogP contribution in [0.15, 0.2) is 18.3 Å². The Bertz CT molecular complexity index is 421. The lowest BCUT2D eigenvalue weighted by atomic mass is 9.88. The van der Waals surface area contributed by atoms with Gasteiger partial charge in [-0.1, -0.05) is 31.9 Å². The Morgan fingerprint density at radius 1 is 1.67 bits per heavy atom. The topological polar surface area (TPSA) is 62.2 Å². The number of halogens is 1. The quantitative estimate of drug-likeness (QED) is 0.863. The molecule has 0 aliphatic carbocycles. The number of aliphatic hydroxyl groups is 1. The Kier molecular flexibility index (Phi) is 5.11. The van der Waals surface area contributed by atoms with Crippen LogP contribution in [0.3, 0.4) is 0 Å². The van der Waals surface area contributed by atoms with E-state index in [4.69, 9.17) is 11.6 Å². The molecule has 100 valence electrons. The van der Waals surface area contributed by atoms with E-state index in [-0.39, 0.29) is 24.1 Å². The first-order valence-electron chi connectivity index (χ1n) is 5.99. The molecule has 0 bridgehead atoms. The molecule has 18 heavy (non-hydrogen) atoms. The second kappa shape index (κ2) is 6.16. The summed E-state index contributed by atoms with van der Waals surface area (Å²) in [6.07, 6.45) is 2.32. The lowest BCUT2D eigenvalue weighted by Crippen LogP contribution is -2.45. The number of nitrogens with one attached hydrogen (secondary N) is 1. The van der Waals surface area contributed by atoms with Crippen molar-refractivity contribution in [1.82, 2.24) is 10.3 Å². The summed E-state index contributed by atoms with van der Waals surface area (Å²) >= 11 is 5.78. The van der Waals surface area contributed by atoms with Gasteiger partial charge in [-0.25, -0.2) is 0 Å². The largest absolute Gasteiger partial charge is 0.388 e. The molecule has 2 atom stereocenters. The van der Waals surface area contributed by atoms with E-state index in [1.54, 1.807) is 13.0 Å². The van der Waals surface area contributed by atoms with Crippen LogP contribution in [0, 0.1) is 5.92 Å². The molecule has 0 aromatic carbocycles. The molecular formula is C13H19ClN2O2. The van der Waals surface area contributed by atoms with Gasteiger partial charge in [-0.3, -0.25) is 9.78 Å². The van der Waals surface area contributed by atoms with E-state index in [0.717, 1.165) is 6.42 Å². The molecule has 1 heterocycles. The number of hydrogen-bond donors (Lipinski definition) is 2. The highest BCUT2D eigenvalue weighted by Crippen LogP contribution is 2.19. The summed E-state index contributed by atoms with van der Waals surface area (Å²) in [6, 6.07) is 3.10. The number of rotatable bonds is 5. The Hall–Kier alpha value is -1.13. The second-order valence-corrected chi connectivity index (χ2v) is 5.14. The lowest BCUT2D eigenvalue weighted by Gasteiger charge is -2.29. The molecule has 1 aromatic rings. The number of amides is 1. The highest BCUT2D eigenvalue weighted by atomic mass is 35.5. The summed E-state index contributed by atoms with van der Waals surface area (Å²) < 4.78 is 0. The number of carbonyl (C=O) groups is 1. The van der Waals surface area contributed by atoms with Gasteiger partial charge in [-0.15, -0.1) is 0 Å². The number of nitrogens with zero attached hydrogens (tertiary/aromatic N) is 1. The zero-order valence-electron chi connectivity index (χ0n) is 10.9. The van der Waals surface area contributed by atoms with Crippen LogP contribution in [0.25, 0.3) is 0 Å². The molecule has 1 amide bonds. The first kappa shape index (κ1) is 14.9. The van der Waals surface area contributed by atoms with Gasteiger partial charge in [0, 0.05) is 17.8 Å². The average Bonchev–Trinajstić information content (AvgIpc) is 2.35. The van der Waals surface area contributed by atoms with Gasteiger partial charge in [0.15, 0.2) is 0 Å². The van der Waals surface area contributed by atoms with Crippen LogP contribution in [0.1, 0.15) is 37.7 Å². The van der Waals surface area contributed by atoms with Crippen LogP contribution >= 0.6 is 11.6 Å². The van der Waals surface area contributed by atoms with Crippen LogP contribution in [-0.2, 0) is 0 Å². The van der Waals surface area contributed by atoms with E-state index < -0.39 is 5.60 Å². The fraction of sp³-hybridized carbons (Fsp3) is 0.538. The lowest BCUT2D eigenvalue weighted by molar-refractivity contribution is 0.00588. The van der Waals surface area contributed by atoms with Gasteiger partial charge in [0.05, 0.1) is 5.60 Å². The van der Waals surface area contributed by atoms with Gasteiger partial charge in [-0.05, 0) is 25.0 Å². The third kappa shape index (κ3) is 3.96. The van der Waals surface area contributed by atoms with E-state index in [9.17, 15) is 9.90 Å². The molecule has 1 rings (SSSR count). The molecule has 0 spiro atoms. The first-order chi connectivity index (χ1) is 8.36. The van der Waals surface area contributed by atoms with Crippen LogP contribution in [0.4, 0.5) is 0 Å². The van der Waals surface area contributed by atoms with Crippen LogP contribution in [0.2, 0.25) is 5.02 Å². The first-order valence-corrected chi connectivity index (χ1v) is 6.36. The second-order valence-electron chi connectivity index (χ2n) is 4.71. The van der Waals surface area contributed by atoms with Gasteiger partial charge >= 0.3 is 0 Å². The summed E-state index contributed by atoms with van der Waals surface area (Å²) in [6.45, 7) is 5.85. The highest BCUT2D eigenvalue weighted by molar-refractivity contribution is 6.30. The molecule has 2 N–H and O–H groups in total. The molecular weight excluding hydrogens is 252 g/mol. The fourth-order valence-corrected chi connectivity index (χ4v) is 1.65. The predicted molar refractivity (Wildman–Crippen MR) is 71.7 cm³/mol. The van der Waals surface area contributed by atoms with Gasteiger partial charge in [0.25, 0.3) is 5.91 Å². The van der Waals surface area contributed by atoms with Gasteiger partial charge in [0.1, 0.15) is 5.69 Å². The molecule has 0 fully saturated rings. The number of carbonyl (C=O) groups excluding carboxylic acids is 1. The summed E-state index contributed by atoms with van der Waals surface area (Å²) in [4.78, 5) is 15.7.